The minimum atomic E-state index is 0.826. The van der Waals surface area contributed by atoms with Gasteiger partial charge in [-0.05, 0) is 28.0 Å². The summed E-state index contributed by atoms with van der Waals surface area (Å²) in [7, 11) is 0. The van der Waals surface area contributed by atoms with Crippen molar-refractivity contribution in [3.05, 3.63) is 69.4 Å². The molecule has 0 atom stereocenters. The Morgan fingerprint density at radius 1 is 1.00 bits per heavy atom. The lowest BCUT2D eigenvalue weighted by atomic mass is 10.2. The molecule has 2 aromatic heterocycles. The van der Waals surface area contributed by atoms with Crippen molar-refractivity contribution < 1.29 is 0 Å². The highest BCUT2D eigenvalue weighted by Crippen LogP contribution is 2.19. The van der Waals surface area contributed by atoms with Crippen molar-refractivity contribution in [1.82, 2.24) is 4.98 Å². The summed E-state index contributed by atoms with van der Waals surface area (Å²) in [4.78, 5) is 4.61. The standard InChI is InChI=1S/C15H14N2S2/c1-2-4-12(5-3-1)9-16-15-17-14(11-19-15)8-13-6-7-18-10-13/h1-7,10-11H,8-9H2,(H,16,17). The molecule has 2 heterocycles. The quantitative estimate of drug-likeness (QED) is 0.751. The van der Waals surface area contributed by atoms with Gasteiger partial charge in [0.15, 0.2) is 5.13 Å². The first-order valence-electron chi connectivity index (χ1n) is 6.13. The van der Waals surface area contributed by atoms with Gasteiger partial charge in [-0.15, -0.1) is 11.3 Å². The number of nitrogens with zero attached hydrogens (tertiary/aromatic N) is 1. The lowest BCUT2D eigenvalue weighted by molar-refractivity contribution is 1.08. The molecule has 0 aliphatic rings. The number of rotatable bonds is 5. The minimum Gasteiger partial charge on any atom is -0.357 e. The average molecular weight is 286 g/mol. The molecule has 0 saturated heterocycles. The molecule has 0 unspecified atom stereocenters. The van der Waals surface area contributed by atoms with Crippen LogP contribution in [0.5, 0.6) is 0 Å². The number of hydrogen-bond acceptors (Lipinski definition) is 4. The van der Waals surface area contributed by atoms with Crippen LogP contribution < -0.4 is 5.32 Å². The molecule has 19 heavy (non-hydrogen) atoms. The molecule has 0 aliphatic heterocycles. The summed E-state index contributed by atoms with van der Waals surface area (Å²) in [5.41, 5.74) is 3.75. The SMILES string of the molecule is c1ccc(CNc2nc(Cc3ccsc3)cs2)cc1. The third kappa shape index (κ3) is 3.43. The Labute approximate surface area is 120 Å². The molecule has 0 amide bonds. The molecule has 0 saturated carbocycles. The average Bonchev–Trinajstić information content (AvgIpc) is 3.10. The van der Waals surface area contributed by atoms with Gasteiger partial charge < -0.3 is 5.32 Å². The van der Waals surface area contributed by atoms with Crippen molar-refractivity contribution in [2.75, 3.05) is 5.32 Å². The van der Waals surface area contributed by atoms with E-state index in [-0.39, 0.29) is 0 Å². The van der Waals surface area contributed by atoms with Crippen LogP contribution in [0.2, 0.25) is 0 Å². The summed E-state index contributed by atoms with van der Waals surface area (Å²) in [6, 6.07) is 12.5. The van der Waals surface area contributed by atoms with Crippen LogP contribution in [0.3, 0.4) is 0 Å². The van der Waals surface area contributed by atoms with E-state index in [1.807, 2.05) is 6.07 Å². The lowest BCUT2D eigenvalue weighted by Crippen LogP contribution is -1.98. The smallest absolute Gasteiger partial charge is 0.183 e. The third-order valence-corrected chi connectivity index (χ3v) is 4.38. The van der Waals surface area contributed by atoms with E-state index in [1.54, 1.807) is 22.7 Å². The van der Waals surface area contributed by atoms with E-state index in [9.17, 15) is 0 Å². The van der Waals surface area contributed by atoms with Crippen molar-refractivity contribution in [2.45, 2.75) is 13.0 Å². The molecule has 1 aromatic carbocycles. The summed E-state index contributed by atoms with van der Waals surface area (Å²) in [6.07, 6.45) is 0.924. The van der Waals surface area contributed by atoms with E-state index in [0.717, 1.165) is 23.8 Å². The highest BCUT2D eigenvalue weighted by molar-refractivity contribution is 7.13. The van der Waals surface area contributed by atoms with E-state index in [2.05, 4.69) is 56.8 Å². The fourth-order valence-corrected chi connectivity index (χ4v) is 3.22. The number of thiazole rings is 1. The van der Waals surface area contributed by atoms with Gasteiger partial charge >= 0.3 is 0 Å². The number of hydrogen-bond donors (Lipinski definition) is 1. The van der Waals surface area contributed by atoms with Crippen LogP contribution in [0.15, 0.2) is 52.5 Å². The van der Waals surface area contributed by atoms with E-state index in [4.69, 9.17) is 0 Å². The first-order valence-corrected chi connectivity index (χ1v) is 7.96. The maximum absolute atomic E-state index is 4.61. The minimum absolute atomic E-state index is 0.826. The Bertz CT molecular complexity index is 615. The van der Waals surface area contributed by atoms with Gasteiger partial charge in [0.05, 0.1) is 5.69 Å². The van der Waals surface area contributed by atoms with Crippen molar-refractivity contribution >= 4 is 27.8 Å². The molecule has 3 rings (SSSR count). The molecule has 2 nitrogen and oxygen atoms in total. The van der Waals surface area contributed by atoms with Crippen molar-refractivity contribution in [2.24, 2.45) is 0 Å². The molecular weight excluding hydrogens is 272 g/mol. The fraction of sp³-hybridized carbons (Fsp3) is 0.133. The van der Waals surface area contributed by atoms with Crippen LogP contribution in [0.4, 0.5) is 5.13 Å². The van der Waals surface area contributed by atoms with Crippen LogP contribution in [-0.4, -0.2) is 4.98 Å². The molecule has 0 fully saturated rings. The Kier molecular flexibility index (Phi) is 3.91. The van der Waals surface area contributed by atoms with Gasteiger partial charge in [0.25, 0.3) is 0 Å². The molecule has 0 aliphatic carbocycles. The Balaban J connectivity index is 1.59. The maximum Gasteiger partial charge on any atom is 0.183 e. The van der Waals surface area contributed by atoms with Crippen LogP contribution in [0.25, 0.3) is 0 Å². The molecule has 96 valence electrons. The van der Waals surface area contributed by atoms with E-state index >= 15 is 0 Å². The zero-order valence-electron chi connectivity index (χ0n) is 10.4. The molecule has 0 spiro atoms. The van der Waals surface area contributed by atoms with E-state index < -0.39 is 0 Å². The van der Waals surface area contributed by atoms with Crippen molar-refractivity contribution in [3.8, 4) is 0 Å². The number of anilines is 1. The number of aromatic nitrogens is 1. The summed E-state index contributed by atoms with van der Waals surface area (Å²) in [6.45, 7) is 0.826. The number of nitrogens with one attached hydrogen (secondary N) is 1. The van der Waals surface area contributed by atoms with Gasteiger partial charge in [0.1, 0.15) is 0 Å². The predicted molar refractivity (Wildman–Crippen MR) is 83.0 cm³/mol. The van der Waals surface area contributed by atoms with Gasteiger partial charge in [0, 0.05) is 18.3 Å². The second kappa shape index (κ2) is 5.99. The van der Waals surface area contributed by atoms with Crippen LogP contribution >= 0.6 is 22.7 Å². The number of thiophene rings is 1. The molecule has 0 bridgehead atoms. The second-order valence-electron chi connectivity index (χ2n) is 4.29. The highest BCUT2D eigenvalue weighted by atomic mass is 32.1. The molecule has 3 aromatic rings. The van der Waals surface area contributed by atoms with Gasteiger partial charge in [0.2, 0.25) is 0 Å². The summed E-state index contributed by atoms with van der Waals surface area (Å²) >= 11 is 3.40. The fourth-order valence-electron chi connectivity index (χ4n) is 1.85. The maximum atomic E-state index is 4.61. The normalized spacial score (nSPS) is 10.5. The van der Waals surface area contributed by atoms with Gasteiger partial charge in [-0.25, -0.2) is 4.98 Å². The molecule has 0 radical (unpaired) electrons. The summed E-state index contributed by atoms with van der Waals surface area (Å²) < 4.78 is 0. The Morgan fingerprint density at radius 3 is 2.68 bits per heavy atom. The highest BCUT2D eigenvalue weighted by Gasteiger charge is 2.03. The Hall–Kier alpha value is -1.65. The largest absolute Gasteiger partial charge is 0.357 e. The van der Waals surface area contributed by atoms with Crippen LogP contribution in [0.1, 0.15) is 16.8 Å². The lowest BCUT2D eigenvalue weighted by Gasteiger charge is -2.01. The van der Waals surface area contributed by atoms with Gasteiger partial charge in [-0.1, -0.05) is 30.3 Å². The first kappa shape index (κ1) is 12.4. The first-order chi connectivity index (χ1) is 9.40. The Morgan fingerprint density at radius 2 is 1.89 bits per heavy atom. The van der Waals surface area contributed by atoms with Crippen LogP contribution in [0, 0.1) is 0 Å². The topological polar surface area (TPSA) is 24.9 Å². The van der Waals surface area contributed by atoms with E-state index in [0.29, 0.717) is 0 Å². The monoisotopic (exact) mass is 286 g/mol. The van der Waals surface area contributed by atoms with Crippen LogP contribution in [-0.2, 0) is 13.0 Å². The van der Waals surface area contributed by atoms with Gasteiger partial charge in [-0.3, -0.25) is 0 Å². The van der Waals surface area contributed by atoms with E-state index in [1.165, 1.54) is 11.1 Å². The van der Waals surface area contributed by atoms with Gasteiger partial charge in [-0.2, -0.15) is 11.3 Å². The zero-order chi connectivity index (χ0) is 12.9. The zero-order valence-corrected chi connectivity index (χ0v) is 12.0. The number of benzene rings is 1. The predicted octanol–water partition coefficient (Wildman–Crippen LogP) is 4.41. The molecule has 4 heteroatoms. The molecule has 1 N–H and O–H groups in total. The van der Waals surface area contributed by atoms with Crippen molar-refractivity contribution in [1.29, 1.82) is 0 Å². The second-order valence-corrected chi connectivity index (χ2v) is 5.93. The summed E-state index contributed by atoms with van der Waals surface area (Å²) in [5.74, 6) is 0. The third-order valence-electron chi connectivity index (χ3n) is 2.80. The molecular formula is C15H14N2S2. The summed E-state index contributed by atoms with van der Waals surface area (Å²) in [5, 5.41) is 10.8. The van der Waals surface area contributed by atoms with Crippen molar-refractivity contribution in [3.63, 3.8) is 0 Å².